The van der Waals surface area contributed by atoms with Crippen LogP contribution >= 0.6 is 7.75 Å². The van der Waals surface area contributed by atoms with Gasteiger partial charge in [0.25, 0.3) is 0 Å². The van der Waals surface area contributed by atoms with Crippen LogP contribution in [0, 0.1) is 5.92 Å². The van der Waals surface area contributed by atoms with E-state index in [1.54, 1.807) is 0 Å². The molecule has 0 radical (unpaired) electrons. The van der Waals surface area contributed by atoms with Gasteiger partial charge in [-0.3, -0.25) is 4.52 Å². The third-order valence-electron chi connectivity index (χ3n) is 5.17. The lowest BCUT2D eigenvalue weighted by molar-refractivity contribution is 0.0429. The summed E-state index contributed by atoms with van der Waals surface area (Å²) < 4.78 is 27.5. The smallest absolute Gasteiger partial charge is 0.413 e. The normalized spacial score (nSPS) is 29.8. The van der Waals surface area contributed by atoms with Gasteiger partial charge in [0.2, 0.25) is 0 Å². The van der Waals surface area contributed by atoms with Crippen LogP contribution in [0.3, 0.4) is 0 Å². The molecule has 0 bridgehead atoms. The second-order valence-corrected chi connectivity index (χ2v) is 8.76. The molecule has 25 heavy (non-hydrogen) atoms. The van der Waals surface area contributed by atoms with Crippen LogP contribution in [0.4, 0.5) is 0 Å². The van der Waals surface area contributed by atoms with E-state index in [1.165, 1.54) is 12.8 Å². The molecule has 1 saturated heterocycles. The van der Waals surface area contributed by atoms with Gasteiger partial charge in [-0.05, 0) is 36.5 Å². The summed E-state index contributed by atoms with van der Waals surface area (Å²) in [6.45, 7) is 1.12. The summed E-state index contributed by atoms with van der Waals surface area (Å²) in [5.74, 6) is 1.04. The number of fused-ring (bicyclic) bond motifs is 1. The molecule has 5 heteroatoms. The fourth-order valence-electron chi connectivity index (χ4n) is 3.89. The third-order valence-corrected chi connectivity index (χ3v) is 7.15. The molecule has 2 aromatic carbocycles. The van der Waals surface area contributed by atoms with Gasteiger partial charge in [0, 0.05) is 12.6 Å². The summed E-state index contributed by atoms with van der Waals surface area (Å²) >= 11 is 0. The number of nitrogens with zero attached hydrogens (tertiary/aromatic N) is 1. The van der Waals surface area contributed by atoms with Crippen molar-refractivity contribution in [1.82, 2.24) is 4.67 Å². The first-order valence-electron chi connectivity index (χ1n) is 9.05. The molecule has 1 saturated carbocycles. The van der Waals surface area contributed by atoms with E-state index in [1.807, 2.05) is 53.2 Å². The topological polar surface area (TPSA) is 38.8 Å². The number of hydrogen-bond donors (Lipinski definition) is 0. The van der Waals surface area contributed by atoms with Crippen LogP contribution in [-0.4, -0.2) is 17.3 Å². The molecular weight excluding hydrogens is 333 g/mol. The molecule has 3 atom stereocenters. The molecule has 0 N–H and O–H groups in total. The first-order chi connectivity index (χ1) is 12.2. The van der Waals surface area contributed by atoms with Crippen molar-refractivity contribution in [3.8, 4) is 5.75 Å². The van der Waals surface area contributed by atoms with Crippen LogP contribution in [0.5, 0.6) is 5.75 Å². The zero-order valence-electron chi connectivity index (χ0n) is 14.3. The fourth-order valence-corrected chi connectivity index (χ4v) is 5.97. The Bertz CT molecular complexity index is 737. The summed E-state index contributed by atoms with van der Waals surface area (Å²) in [6, 6.07) is 19.8. The predicted octanol–water partition coefficient (Wildman–Crippen LogP) is 5.26. The number of para-hydroxylation sites is 1. The molecule has 2 aliphatic rings. The van der Waals surface area contributed by atoms with Crippen LogP contribution in [-0.2, 0) is 15.6 Å². The molecule has 1 aliphatic heterocycles. The van der Waals surface area contributed by atoms with Gasteiger partial charge in [0.15, 0.2) is 0 Å². The maximum Gasteiger partial charge on any atom is 0.461 e. The summed E-state index contributed by atoms with van der Waals surface area (Å²) in [5.41, 5.74) is 1.13. The lowest BCUT2D eigenvalue weighted by Gasteiger charge is -2.46. The van der Waals surface area contributed by atoms with E-state index < -0.39 is 7.75 Å². The molecular formula is C20H24NO3P. The van der Waals surface area contributed by atoms with E-state index in [4.69, 9.17) is 9.05 Å². The Morgan fingerprint density at radius 1 is 1.00 bits per heavy atom. The molecule has 4 nitrogen and oxygen atoms in total. The highest BCUT2D eigenvalue weighted by Gasteiger charge is 2.48. The molecule has 0 unspecified atom stereocenters. The molecule has 4 rings (SSSR count). The second kappa shape index (κ2) is 7.33. The highest BCUT2D eigenvalue weighted by molar-refractivity contribution is 7.51. The maximum absolute atomic E-state index is 13.7. The third kappa shape index (κ3) is 3.67. The van der Waals surface area contributed by atoms with E-state index in [2.05, 4.69) is 12.1 Å². The highest BCUT2D eigenvalue weighted by atomic mass is 31.2. The maximum atomic E-state index is 13.7. The molecule has 1 heterocycles. The average molecular weight is 357 g/mol. The molecule has 0 aromatic heterocycles. The van der Waals surface area contributed by atoms with Crippen LogP contribution in [0.15, 0.2) is 60.7 Å². The summed E-state index contributed by atoms with van der Waals surface area (Å²) in [7, 11) is -3.37. The first-order valence-corrected chi connectivity index (χ1v) is 10.5. The summed E-state index contributed by atoms with van der Waals surface area (Å²) in [6.07, 6.45) is 4.61. The summed E-state index contributed by atoms with van der Waals surface area (Å²) in [4.78, 5) is 0. The lowest BCUT2D eigenvalue weighted by atomic mass is 9.85. The fraction of sp³-hybridized carbons (Fsp3) is 0.400. The summed E-state index contributed by atoms with van der Waals surface area (Å²) in [5, 5.41) is 0. The van der Waals surface area contributed by atoms with Crippen molar-refractivity contribution in [3.05, 3.63) is 66.2 Å². The minimum absolute atomic E-state index is 0.261. The average Bonchev–Trinajstić information content (AvgIpc) is 2.66. The minimum Gasteiger partial charge on any atom is -0.413 e. The Morgan fingerprint density at radius 3 is 2.44 bits per heavy atom. The molecule has 2 aromatic rings. The van der Waals surface area contributed by atoms with Gasteiger partial charge >= 0.3 is 7.75 Å². The Morgan fingerprint density at radius 2 is 1.68 bits per heavy atom. The zero-order chi connectivity index (χ0) is 17.1. The van der Waals surface area contributed by atoms with Crippen molar-refractivity contribution in [2.75, 3.05) is 6.61 Å². The van der Waals surface area contributed by atoms with Crippen LogP contribution in [0.25, 0.3) is 0 Å². The second-order valence-electron chi connectivity index (χ2n) is 6.86. The van der Waals surface area contributed by atoms with Crippen molar-refractivity contribution in [2.45, 2.75) is 38.3 Å². The van der Waals surface area contributed by atoms with Crippen molar-refractivity contribution in [3.63, 3.8) is 0 Å². The molecule has 0 spiro atoms. The van der Waals surface area contributed by atoms with E-state index >= 15 is 0 Å². The van der Waals surface area contributed by atoms with Crippen molar-refractivity contribution >= 4 is 7.75 Å². The van der Waals surface area contributed by atoms with Gasteiger partial charge in [-0.1, -0.05) is 61.4 Å². The molecule has 132 valence electrons. The largest absolute Gasteiger partial charge is 0.461 e. The standard InChI is InChI=1S/C20H24NO3P/c22-25(24-19-12-5-2-6-13-19)21(15-17-9-3-1-4-10-17)20-14-8-7-11-18(20)16-23-25/h1-6,9-10,12-13,18,20H,7-8,11,14-16H2/t18-,20-,25-/m1/s1. The Labute approximate surface area is 149 Å². The lowest BCUT2D eigenvalue weighted by Crippen LogP contribution is -2.47. The van der Waals surface area contributed by atoms with E-state index in [0.717, 1.165) is 18.4 Å². The number of rotatable bonds is 4. The van der Waals surface area contributed by atoms with Crippen molar-refractivity contribution in [2.24, 2.45) is 5.92 Å². The van der Waals surface area contributed by atoms with E-state index in [0.29, 0.717) is 24.8 Å². The highest BCUT2D eigenvalue weighted by Crippen LogP contribution is 2.59. The number of hydrogen-bond acceptors (Lipinski definition) is 3. The van der Waals surface area contributed by atoms with Gasteiger partial charge < -0.3 is 4.52 Å². The van der Waals surface area contributed by atoms with Crippen LogP contribution in [0.2, 0.25) is 0 Å². The minimum atomic E-state index is -3.37. The van der Waals surface area contributed by atoms with Gasteiger partial charge in [-0.2, -0.15) is 4.67 Å². The van der Waals surface area contributed by atoms with Gasteiger partial charge in [0.05, 0.1) is 6.61 Å². The monoisotopic (exact) mass is 357 g/mol. The molecule has 2 fully saturated rings. The Balaban J connectivity index is 1.64. The van der Waals surface area contributed by atoms with Crippen molar-refractivity contribution in [1.29, 1.82) is 0 Å². The quantitative estimate of drug-likeness (QED) is 0.699. The molecule has 0 amide bonds. The van der Waals surface area contributed by atoms with Gasteiger partial charge in [-0.15, -0.1) is 0 Å². The predicted molar refractivity (Wildman–Crippen MR) is 98.4 cm³/mol. The SMILES string of the molecule is O=[P@@]1(Oc2ccccc2)OC[C@H]2CCCC[C@H]2N1Cc1ccccc1. The zero-order valence-corrected chi connectivity index (χ0v) is 15.2. The van der Waals surface area contributed by atoms with Gasteiger partial charge in [0.1, 0.15) is 5.75 Å². The number of benzene rings is 2. The van der Waals surface area contributed by atoms with Crippen LogP contribution < -0.4 is 4.52 Å². The van der Waals surface area contributed by atoms with Gasteiger partial charge in [-0.25, -0.2) is 4.57 Å². The van der Waals surface area contributed by atoms with E-state index in [9.17, 15) is 4.57 Å². The van der Waals surface area contributed by atoms with E-state index in [-0.39, 0.29) is 6.04 Å². The van der Waals surface area contributed by atoms with Crippen molar-refractivity contribution < 1.29 is 13.6 Å². The Kier molecular flexibility index (Phi) is 4.93. The van der Waals surface area contributed by atoms with Crippen LogP contribution in [0.1, 0.15) is 31.2 Å². The Hall–Kier alpha value is -1.61. The molecule has 1 aliphatic carbocycles. The first kappa shape index (κ1) is 16.8.